The largest absolute Gasteiger partial charge is 0.348 e. The number of rotatable bonds is 4. The molecule has 1 N–H and O–H groups in total. The molecule has 0 radical (unpaired) electrons. The van der Waals surface area contributed by atoms with Gasteiger partial charge in [0.15, 0.2) is 0 Å². The molecule has 0 spiro atoms. The molecule has 0 aliphatic carbocycles. The minimum Gasteiger partial charge on any atom is -0.348 e. The van der Waals surface area contributed by atoms with E-state index in [1.807, 2.05) is 22.9 Å². The molecule has 3 aromatic rings. The van der Waals surface area contributed by atoms with E-state index in [0.29, 0.717) is 12.1 Å². The maximum atomic E-state index is 12.8. The first-order valence-corrected chi connectivity index (χ1v) is 7.68. The van der Waals surface area contributed by atoms with Crippen LogP contribution in [-0.4, -0.2) is 10.9 Å². The average molecular weight is 312 g/mol. The summed E-state index contributed by atoms with van der Waals surface area (Å²) in [6.45, 7) is 0.353. The first-order valence-electron chi connectivity index (χ1n) is 6.73. The molecule has 0 aliphatic rings. The van der Waals surface area contributed by atoms with E-state index in [4.69, 9.17) is 0 Å². The quantitative estimate of drug-likeness (QED) is 0.794. The third-order valence-electron chi connectivity index (χ3n) is 3.21. The van der Waals surface area contributed by atoms with Gasteiger partial charge in [-0.25, -0.2) is 4.39 Å². The molecule has 22 heavy (non-hydrogen) atoms. The predicted octanol–water partition coefficient (Wildman–Crippen LogP) is 3.88. The topological polar surface area (TPSA) is 42.0 Å². The van der Waals surface area contributed by atoms with Crippen LogP contribution in [0, 0.1) is 5.82 Å². The van der Waals surface area contributed by atoms with Gasteiger partial charge in [0.2, 0.25) is 0 Å². The molecule has 0 fully saturated rings. The van der Waals surface area contributed by atoms with Crippen LogP contribution < -0.4 is 5.32 Å². The number of thiophene rings is 1. The highest BCUT2D eigenvalue weighted by atomic mass is 32.1. The summed E-state index contributed by atoms with van der Waals surface area (Å²) in [5, 5.41) is 6.79. The highest BCUT2D eigenvalue weighted by molar-refractivity contribution is 7.08. The maximum Gasteiger partial charge on any atom is 0.253 e. The average Bonchev–Trinajstić information content (AvgIpc) is 3.09. The Bertz CT molecular complexity index is 752. The number of hydrogen-bond acceptors (Lipinski definition) is 3. The van der Waals surface area contributed by atoms with Crippen LogP contribution >= 0.6 is 11.3 Å². The van der Waals surface area contributed by atoms with Gasteiger partial charge in [-0.3, -0.25) is 9.78 Å². The molecule has 110 valence electrons. The molecule has 0 saturated heterocycles. The highest BCUT2D eigenvalue weighted by Gasteiger charge is 2.07. The van der Waals surface area contributed by atoms with Crippen LogP contribution in [0.15, 0.2) is 59.4 Å². The van der Waals surface area contributed by atoms with E-state index >= 15 is 0 Å². The third-order valence-corrected chi connectivity index (χ3v) is 3.89. The van der Waals surface area contributed by atoms with Gasteiger partial charge in [0, 0.05) is 23.7 Å². The molecule has 2 aromatic heterocycles. The van der Waals surface area contributed by atoms with Gasteiger partial charge in [-0.1, -0.05) is 12.1 Å². The van der Waals surface area contributed by atoms with E-state index in [0.717, 1.165) is 16.8 Å². The minimum absolute atomic E-state index is 0.200. The van der Waals surface area contributed by atoms with Crippen LogP contribution in [0.25, 0.3) is 11.3 Å². The zero-order valence-electron chi connectivity index (χ0n) is 11.6. The lowest BCUT2D eigenvalue weighted by molar-refractivity contribution is 0.0950. The van der Waals surface area contributed by atoms with Gasteiger partial charge >= 0.3 is 0 Å². The fourth-order valence-corrected chi connectivity index (χ4v) is 2.65. The predicted molar refractivity (Wildman–Crippen MR) is 85.1 cm³/mol. The number of carbonyl (C=O) groups is 1. The van der Waals surface area contributed by atoms with E-state index in [9.17, 15) is 9.18 Å². The summed E-state index contributed by atoms with van der Waals surface area (Å²) >= 11 is 1.61. The van der Waals surface area contributed by atoms with E-state index in [1.54, 1.807) is 35.7 Å². The summed E-state index contributed by atoms with van der Waals surface area (Å²) in [6, 6.07) is 11.6. The normalized spacial score (nSPS) is 10.4. The van der Waals surface area contributed by atoms with Crippen LogP contribution in [0.1, 0.15) is 15.9 Å². The lowest BCUT2D eigenvalue weighted by atomic mass is 10.2. The van der Waals surface area contributed by atoms with E-state index < -0.39 is 0 Å². The Morgan fingerprint density at radius 2 is 1.95 bits per heavy atom. The number of aromatic nitrogens is 1. The zero-order chi connectivity index (χ0) is 15.4. The van der Waals surface area contributed by atoms with Crippen molar-refractivity contribution in [2.75, 3.05) is 0 Å². The SMILES string of the molecule is O=C(NCc1ccc(F)cc1)c1ccc(-c2ccsc2)nc1. The van der Waals surface area contributed by atoms with Gasteiger partial charge in [-0.15, -0.1) is 0 Å². The molecule has 0 unspecified atom stereocenters. The first kappa shape index (κ1) is 14.4. The molecule has 5 heteroatoms. The van der Waals surface area contributed by atoms with Crippen molar-refractivity contribution in [1.82, 2.24) is 10.3 Å². The van der Waals surface area contributed by atoms with Gasteiger partial charge in [0.05, 0.1) is 11.3 Å². The molecule has 3 rings (SSSR count). The van der Waals surface area contributed by atoms with E-state index in [1.165, 1.54) is 12.1 Å². The molecule has 0 atom stereocenters. The molecule has 3 nitrogen and oxygen atoms in total. The van der Waals surface area contributed by atoms with Gasteiger partial charge in [-0.2, -0.15) is 11.3 Å². The highest BCUT2D eigenvalue weighted by Crippen LogP contribution is 2.19. The monoisotopic (exact) mass is 312 g/mol. The Labute approximate surface area is 131 Å². The number of benzene rings is 1. The number of hydrogen-bond donors (Lipinski definition) is 1. The van der Waals surface area contributed by atoms with Crippen molar-refractivity contribution < 1.29 is 9.18 Å². The van der Waals surface area contributed by atoms with Crippen LogP contribution in [0.5, 0.6) is 0 Å². The van der Waals surface area contributed by atoms with Crippen LogP contribution in [0.4, 0.5) is 4.39 Å². The van der Waals surface area contributed by atoms with Crippen molar-refractivity contribution >= 4 is 17.2 Å². The molecule has 1 amide bonds. The second-order valence-electron chi connectivity index (χ2n) is 4.75. The Hall–Kier alpha value is -2.53. The van der Waals surface area contributed by atoms with Crippen LogP contribution in [-0.2, 0) is 6.54 Å². The number of halogens is 1. The first-order chi connectivity index (χ1) is 10.7. The second-order valence-corrected chi connectivity index (χ2v) is 5.53. The summed E-state index contributed by atoms with van der Waals surface area (Å²) in [4.78, 5) is 16.4. The number of nitrogens with one attached hydrogen (secondary N) is 1. The molecule has 0 bridgehead atoms. The fourth-order valence-electron chi connectivity index (χ4n) is 2.00. The van der Waals surface area contributed by atoms with Crippen LogP contribution in [0.3, 0.4) is 0 Å². The van der Waals surface area contributed by atoms with Crippen molar-refractivity contribution in [1.29, 1.82) is 0 Å². The molecule has 0 aliphatic heterocycles. The third kappa shape index (κ3) is 3.38. The van der Waals surface area contributed by atoms with Gasteiger partial charge < -0.3 is 5.32 Å². The molecular formula is C17H13FN2OS. The zero-order valence-corrected chi connectivity index (χ0v) is 12.4. The Balaban J connectivity index is 1.63. The smallest absolute Gasteiger partial charge is 0.253 e. The minimum atomic E-state index is -0.289. The maximum absolute atomic E-state index is 12.8. The summed E-state index contributed by atoms with van der Waals surface area (Å²) in [5.41, 5.74) is 3.23. The fraction of sp³-hybridized carbons (Fsp3) is 0.0588. The summed E-state index contributed by atoms with van der Waals surface area (Å²) in [5.74, 6) is -0.489. The molecule has 2 heterocycles. The lowest BCUT2D eigenvalue weighted by Gasteiger charge is -2.06. The second kappa shape index (κ2) is 6.49. The van der Waals surface area contributed by atoms with Crippen molar-refractivity contribution in [3.05, 3.63) is 76.4 Å². The Morgan fingerprint density at radius 3 is 2.59 bits per heavy atom. The number of pyridine rings is 1. The van der Waals surface area contributed by atoms with Gasteiger partial charge in [-0.05, 0) is 41.3 Å². The Morgan fingerprint density at radius 1 is 1.14 bits per heavy atom. The van der Waals surface area contributed by atoms with Crippen molar-refractivity contribution in [2.45, 2.75) is 6.54 Å². The van der Waals surface area contributed by atoms with E-state index in [-0.39, 0.29) is 11.7 Å². The number of carbonyl (C=O) groups excluding carboxylic acids is 1. The van der Waals surface area contributed by atoms with E-state index in [2.05, 4.69) is 10.3 Å². The van der Waals surface area contributed by atoms with Gasteiger partial charge in [0.1, 0.15) is 5.82 Å². The summed E-state index contributed by atoms with van der Waals surface area (Å²) in [7, 11) is 0. The van der Waals surface area contributed by atoms with Crippen LogP contribution in [0.2, 0.25) is 0 Å². The van der Waals surface area contributed by atoms with Crippen molar-refractivity contribution in [3.63, 3.8) is 0 Å². The van der Waals surface area contributed by atoms with Crippen molar-refractivity contribution in [2.24, 2.45) is 0 Å². The number of nitrogens with zero attached hydrogens (tertiary/aromatic N) is 1. The van der Waals surface area contributed by atoms with Gasteiger partial charge in [0.25, 0.3) is 5.91 Å². The lowest BCUT2D eigenvalue weighted by Crippen LogP contribution is -2.22. The van der Waals surface area contributed by atoms with Crippen molar-refractivity contribution in [3.8, 4) is 11.3 Å². The molecule has 0 saturated carbocycles. The number of amides is 1. The summed E-state index contributed by atoms with van der Waals surface area (Å²) < 4.78 is 12.8. The molecule has 1 aromatic carbocycles. The standard InChI is InChI=1S/C17H13FN2OS/c18-15-4-1-12(2-5-15)9-20-17(21)13-3-6-16(19-10-13)14-7-8-22-11-14/h1-8,10-11H,9H2,(H,20,21). The Kier molecular flexibility index (Phi) is 4.25. The summed E-state index contributed by atoms with van der Waals surface area (Å²) in [6.07, 6.45) is 1.56. The molecular weight excluding hydrogens is 299 g/mol.